The Morgan fingerprint density at radius 3 is 2.56 bits per heavy atom. The van der Waals surface area contributed by atoms with Crippen molar-refractivity contribution in [2.24, 2.45) is 0 Å². The molecule has 0 aliphatic heterocycles. The Morgan fingerprint density at radius 1 is 1.17 bits per heavy atom. The number of nitrogens with one attached hydrogen (secondary N) is 1. The van der Waals surface area contributed by atoms with E-state index in [2.05, 4.69) is 54.6 Å². The van der Waals surface area contributed by atoms with Gasteiger partial charge in [-0.1, -0.05) is 32.0 Å². The van der Waals surface area contributed by atoms with E-state index < -0.39 is 0 Å². The smallest absolute Gasteiger partial charge is 0.0385 e. The number of anilines is 1. The lowest BCUT2D eigenvalue weighted by atomic mass is 10.1. The van der Waals surface area contributed by atoms with Gasteiger partial charge in [0.25, 0.3) is 0 Å². The normalized spacial score (nSPS) is 10.9. The summed E-state index contributed by atoms with van der Waals surface area (Å²) in [7, 11) is 0. The molecule has 0 saturated carbocycles. The van der Waals surface area contributed by atoms with Crippen LogP contribution in [0.15, 0.2) is 24.3 Å². The van der Waals surface area contributed by atoms with Gasteiger partial charge in [-0.25, -0.2) is 0 Å². The second-order valence-corrected chi connectivity index (χ2v) is 5.38. The molecular formula is C15H26N2S. The Kier molecular flexibility index (Phi) is 7.94. The fraction of sp³-hybridized carbons (Fsp3) is 0.600. The molecule has 0 fully saturated rings. The second kappa shape index (κ2) is 9.29. The summed E-state index contributed by atoms with van der Waals surface area (Å²) in [5.74, 6) is 1.23. The Labute approximate surface area is 116 Å². The van der Waals surface area contributed by atoms with E-state index in [1.54, 1.807) is 0 Å². The lowest BCUT2D eigenvalue weighted by Crippen LogP contribution is -2.22. The molecule has 0 spiro atoms. The maximum absolute atomic E-state index is 3.56. The van der Waals surface area contributed by atoms with Gasteiger partial charge in [0, 0.05) is 18.8 Å². The lowest BCUT2D eigenvalue weighted by Gasteiger charge is -2.20. The zero-order valence-electron chi connectivity index (χ0n) is 11.9. The first-order valence-corrected chi connectivity index (χ1v) is 8.24. The van der Waals surface area contributed by atoms with Crippen molar-refractivity contribution in [3.8, 4) is 0 Å². The molecule has 1 aromatic rings. The molecule has 0 aromatic heterocycles. The molecule has 1 N–H and O–H groups in total. The van der Waals surface area contributed by atoms with Gasteiger partial charge in [0.15, 0.2) is 0 Å². The minimum atomic E-state index is 1.04. The summed E-state index contributed by atoms with van der Waals surface area (Å²) in [6.45, 7) is 8.76. The Morgan fingerprint density at radius 2 is 1.89 bits per heavy atom. The van der Waals surface area contributed by atoms with Crippen LogP contribution in [0.5, 0.6) is 0 Å². The summed E-state index contributed by atoms with van der Waals surface area (Å²) >= 11 is 1.91. The van der Waals surface area contributed by atoms with Crippen LogP contribution < -0.4 is 5.32 Å². The molecule has 0 heterocycles. The summed E-state index contributed by atoms with van der Waals surface area (Å²) < 4.78 is 0. The molecule has 3 heteroatoms. The third kappa shape index (κ3) is 5.32. The molecule has 0 bridgehead atoms. The first-order chi connectivity index (χ1) is 8.81. The van der Waals surface area contributed by atoms with Crippen LogP contribution in [0.1, 0.15) is 25.8 Å². The van der Waals surface area contributed by atoms with Crippen molar-refractivity contribution >= 4 is 17.4 Å². The first kappa shape index (κ1) is 15.4. The molecule has 0 aliphatic rings. The zero-order chi connectivity index (χ0) is 13.2. The highest BCUT2D eigenvalue weighted by Crippen LogP contribution is 2.17. The van der Waals surface area contributed by atoms with Gasteiger partial charge in [0.2, 0.25) is 0 Å². The van der Waals surface area contributed by atoms with E-state index in [0.717, 1.165) is 26.2 Å². The first-order valence-electron chi connectivity index (χ1n) is 6.84. The van der Waals surface area contributed by atoms with E-state index in [9.17, 15) is 0 Å². The topological polar surface area (TPSA) is 15.3 Å². The fourth-order valence-electron chi connectivity index (χ4n) is 1.96. The predicted octanol–water partition coefficient (Wildman–Crippen LogP) is 3.69. The van der Waals surface area contributed by atoms with Crippen LogP contribution in [0.2, 0.25) is 0 Å². The zero-order valence-corrected chi connectivity index (χ0v) is 12.7. The fourth-order valence-corrected chi connectivity index (χ4v) is 2.39. The highest BCUT2D eigenvalue weighted by atomic mass is 32.2. The van der Waals surface area contributed by atoms with Crippen LogP contribution in [0.25, 0.3) is 0 Å². The van der Waals surface area contributed by atoms with E-state index in [4.69, 9.17) is 0 Å². The average Bonchev–Trinajstić information content (AvgIpc) is 2.42. The van der Waals surface area contributed by atoms with E-state index in [1.807, 2.05) is 11.8 Å². The standard InChI is InChI=1S/C15H26N2S/c1-4-17(5-2)13-14-9-6-7-10-15(14)16-11-8-12-18-3/h6-7,9-10,16H,4-5,8,11-13H2,1-3H3. The molecule has 2 nitrogen and oxygen atoms in total. The molecule has 0 unspecified atom stereocenters. The Hall–Kier alpha value is -0.670. The van der Waals surface area contributed by atoms with Crippen molar-refractivity contribution in [3.63, 3.8) is 0 Å². The number of hydrogen-bond donors (Lipinski definition) is 1. The number of thioether (sulfide) groups is 1. The second-order valence-electron chi connectivity index (χ2n) is 4.39. The van der Waals surface area contributed by atoms with Crippen LogP contribution >= 0.6 is 11.8 Å². The van der Waals surface area contributed by atoms with Gasteiger partial charge in [-0.3, -0.25) is 4.90 Å². The molecule has 1 aromatic carbocycles. The number of hydrogen-bond acceptors (Lipinski definition) is 3. The summed E-state index contributed by atoms with van der Waals surface area (Å²) in [6.07, 6.45) is 3.38. The van der Waals surface area contributed by atoms with Gasteiger partial charge in [0.05, 0.1) is 0 Å². The van der Waals surface area contributed by atoms with E-state index >= 15 is 0 Å². The SMILES string of the molecule is CCN(CC)Cc1ccccc1NCCCSC. The van der Waals surface area contributed by atoms with E-state index in [0.29, 0.717) is 0 Å². The monoisotopic (exact) mass is 266 g/mol. The molecule has 102 valence electrons. The lowest BCUT2D eigenvalue weighted by molar-refractivity contribution is 0.296. The van der Waals surface area contributed by atoms with Crippen molar-refractivity contribution in [1.82, 2.24) is 4.90 Å². The van der Waals surface area contributed by atoms with Crippen molar-refractivity contribution in [1.29, 1.82) is 0 Å². The van der Waals surface area contributed by atoms with Crippen LogP contribution in [-0.2, 0) is 6.54 Å². The Bertz CT molecular complexity index is 324. The predicted molar refractivity (Wildman–Crippen MR) is 84.6 cm³/mol. The molecule has 0 saturated heterocycles. The quantitative estimate of drug-likeness (QED) is 0.686. The molecule has 0 radical (unpaired) electrons. The van der Waals surface area contributed by atoms with Gasteiger partial charge in [-0.05, 0) is 43.1 Å². The van der Waals surface area contributed by atoms with Crippen molar-refractivity contribution in [2.75, 3.05) is 37.0 Å². The third-order valence-corrected chi connectivity index (χ3v) is 3.84. The minimum Gasteiger partial charge on any atom is -0.385 e. The number of rotatable bonds is 9. The van der Waals surface area contributed by atoms with Gasteiger partial charge in [-0.15, -0.1) is 0 Å². The molecule has 0 atom stereocenters. The highest BCUT2D eigenvalue weighted by Gasteiger charge is 2.05. The molecular weight excluding hydrogens is 240 g/mol. The summed E-state index contributed by atoms with van der Waals surface area (Å²) in [4.78, 5) is 2.45. The Balaban J connectivity index is 2.55. The molecule has 1 rings (SSSR count). The maximum atomic E-state index is 3.56. The summed E-state index contributed by atoms with van der Waals surface area (Å²) in [6, 6.07) is 8.67. The van der Waals surface area contributed by atoms with E-state index in [-0.39, 0.29) is 0 Å². The largest absolute Gasteiger partial charge is 0.385 e. The van der Waals surface area contributed by atoms with Gasteiger partial charge < -0.3 is 5.32 Å². The average molecular weight is 266 g/mol. The number of benzene rings is 1. The van der Waals surface area contributed by atoms with E-state index in [1.165, 1.54) is 23.4 Å². The van der Waals surface area contributed by atoms with Crippen molar-refractivity contribution < 1.29 is 0 Å². The van der Waals surface area contributed by atoms with Gasteiger partial charge in [0.1, 0.15) is 0 Å². The molecule has 0 aliphatic carbocycles. The summed E-state index contributed by atoms with van der Waals surface area (Å²) in [5, 5.41) is 3.56. The number of para-hydroxylation sites is 1. The number of nitrogens with zero attached hydrogens (tertiary/aromatic N) is 1. The molecule has 18 heavy (non-hydrogen) atoms. The summed E-state index contributed by atoms with van der Waals surface area (Å²) in [5.41, 5.74) is 2.70. The third-order valence-electron chi connectivity index (χ3n) is 3.15. The maximum Gasteiger partial charge on any atom is 0.0385 e. The van der Waals surface area contributed by atoms with Crippen LogP contribution in [0, 0.1) is 0 Å². The highest BCUT2D eigenvalue weighted by molar-refractivity contribution is 7.98. The van der Waals surface area contributed by atoms with Gasteiger partial charge in [-0.2, -0.15) is 11.8 Å². The van der Waals surface area contributed by atoms with Crippen LogP contribution in [0.4, 0.5) is 5.69 Å². The van der Waals surface area contributed by atoms with Gasteiger partial charge >= 0.3 is 0 Å². The van der Waals surface area contributed by atoms with Crippen molar-refractivity contribution in [2.45, 2.75) is 26.8 Å². The molecule has 0 amide bonds. The van der Waals surface area contributed by atoms with Crippen molar-refractivity contribution in [3.05, 3.63) is 29.8 Å². The minimum absolute atomic E-state index is 1.04. The van der Waals surface area contributed by atoms with Crippen LogP contribution in [0.3, 0.4) is 0 Å². The van der Waals surface area contributed by atoms with Crippen LogP contribution in [-0.4, -0.2) is 36.5 Å².